The average molecular weight is 182 g/mol. The van der Waals surface area contributed by atoms with Crippen molar-refractivity contribution in [1.82, 2.24) is 0 Å². The summed E-state index contributed by atoms with van der Waals surface area (Å²) in [6.07, 6.45) is 0. The Balaban J connectivity index is -0.0000000133. The Morgan fingerprint density at radius 2 is 2.00 bits per heavy atom. The van der Waals surface area contributed by atoms with Gasteiger partial charge in [-0.05, 0) is 0 Å². The molecular weight excluding hydrogens is 173 g/mol. The Morgan fingerprint density at radius 3 is 2.00 bits per heavy atom. The Labute approximate surface area is 71.2 Å². The normalized spacial score (nSPS) is 5.29. The van der Waals surface area contributed by atoms with Gasteiger partial charge in [-0.15, -0.1) is 0 Å². The van der Waals surface area contributed by atoms with Crippen molar-refractivity contribution in [3.63, 3.8) is 0 Å². The van der Waals surface area contributed by atoms with E-state index in [1.807, 2.05) is 0 Å². The molecule has 0 aromatic rings. The molecule has 0 radical (unpaired) electrons. The Kier molecular flexibility index (Phi) is 22.1. The zero-order valence-electron chi connectivity index (χ0n) is 5.85. The van der Waals surface area contributed by atoms with Gasteiger partial charge in [-0.1, -0.05) is 0 Å². The Morgan fingerprint density at radius 1 is 1.86 bits per heavy atom. The van der Waals surface area contributed by atoms with E-state index in [9.17, 15) is 4.79 Å². The summed E-state index contributed by atoms with van der Waals surface area (Å²) in [7, 11) is 0. The summed E-state index contributed by atoms with van der Waals surface area (Å²) in [6.45, 7) is -0.278. The molecule has 0 atom stereocenters. The number of nitrogens with two attached hydrogens (primary N) is 1. The van der Waals surface area contributed by atoms with Gasteiger partial charge in [-0.2, -0.15) is 0 Å². The molecule has 3 N–H and O–H groups in total. The fourth-order valence-corrected chi connectivity index (χ4v) is 0. The van der Waals surface area contributed by atoms with Crippen LogP contribution in [-0.4, -0.2) is 57.7 Å². The number of aliphatic carboxylic acids is 1. The summed E-state index contributed by atoms with van der Waals surface area (Å²) in [5.74, 6) is -0.968. The third-order valence-electron chi connectivity index (χ3n) is 0.175. The van der Waals surface area contributed by atoms with Gasteiger partial charge in [0.05, 0.1) is 6.54 Å². The number of hydrogen-bond donors (Lipinski definition) is 2. The zero-order valence-corrected chi connectivity index (χ0v) is 7.36. The van der Waals surface area contributed by atoms with Crippen molar-refractivity contribution < 1.29 is 12.8 Å². The van der Waals surface area contributed by atoms with Crippen LogP contribution in [0.25, 0.3) is 0 Å². The fraction of sp³-hybridized carbons (Fsp3) is 0.500. The summed E-state index contributed by atoms with van der Waals surface area (Å²) in [4.78, 5) is 9.24. The first-order valence-electron chi connectivity index (χ1n) is 1.19. The number of hydrogen-bond acceptors (Lipinski definition) is 2. The van der Waals surface area contributed by atoms with Gasteiger partial charge in [0.15, 0.2) is 0 Å². The van der Waals surface area contributed by atoms with E-state index >= 15 is 0 Å². The van der Waals surface area contributed by atoms with Crippen molar-refractivity contribution in [2.24, 2.45) is 5.73 Å². The van der Waals surface area contributed by atoms with Gasteiger partial charge < -0.3 is 13.7 Å². The van der Waals surface area contributed by atoms with Crippen LogP contribution in [0.5, 0.6) is 0 Å². The molecule has 42 valence electrons. The Hall–Kier alpha value is 0.716. The Bertz CT molecular complexity index is 57.8. The first-order valence-corrected chi connectivity index (χ1v) is 1.19. The van der Waals surface area contributed by atoms with E-state index in [-0.39, 0.29) is 49.5 Å². The number of carbonyl (C=O) groups is 1. The molecule has 0 amide bonds. The van der Waals surface area contributed by atoms with Crippen molar-refractivity contribution in [2.75, 3.05) is 6.54 Å². The van der Waals surface area contributed by atoms with E-state index in [1.165, 1.54) is 0 Å². The molecule has 3 nitrogen and oxygen atoms in total. The van der Waals surface area contributed by atoms with Crippen LogP contribution in [0.15, 0.2) is 0 Å². The van der Waals surface area contributed by atoms with Crippen molar-refractivity contribution >= 4 is 46.1 Å². The molecule has 0 unspecified atom stereocenters. The van der Waals surface area contributed by atoms with Crippen molar-refractivity contribution in [3.05, 3.63) is 0 Å². The first-order chi connectivity index (χ1) is 2.27. The van der Waals surface area contributed by atoms with E-state index in [0.717, 1.165) is 0 Å². The molecule has 0 saturated heterocycles. The van der Waals surface area contributed by atoms with Crippen LogP contribution in [0.2, 0.25) is 0 Å². The minimum absolute atomic E-state index is 0. The summed E-state index contributed by atoms with van der Waals surface area (Å²) >= 11 is 0. The van der Waals surface area contributed by atoms with E-state index < -0.39 is 5.97 Å². The molecule has 0 saturated carbocycles. The SMILES string of the molecule is NCC(=O)O.[H-].[H-].[Mg+2].[SeH2]. The maximum atomic E-state index is 9.24. The third kappa shape index (κ3) is 20.2. The molecule has 0 spiro atoms. The van der Waals surface area contributed by atoms with Gasteiger partial charge in [-0.25, -0.2) is 0 Å². The van der Waals surface area contributed by atoms with Crippen molar-refractivity contribution in [3.8, 4) is 0 Å². The molecule has 5 heteroatoms. The second-order valence-electron chi connectivity index (χ2n) is 0.598. The molecule has 0 aliphatic carbocycles. The van der Waals surface area contributed by atoms with Gasteiger partial charge in [0.2, 0.25) is 0 Å². The van der Waals surface area contributed by atoms with Gasteiger partial charge in [0.1, 0.15) is 0 Å². The molecule has 0 aliphatic heterocycles. The van der Waals surface area contributed by atoms with Crippen LogP contribution in [-0.2, 0) is 4.79 Å². The third-order valence-corrected chi connectivity index (χ3v) is 0.175. The standard InChI is InChI=1S/C2H5NO2.Mg.H2Se.2H/c3-1-2(4)5;;;;/h1,3H2,(H,4,5);;1H2;;/q;+2;;2*-1. The van der Waals surface area contributed by atoms with Crippen LogP contribution in [0.4, 0.5) is 0 Å². The van der Waals surface area contributed by atoms with Crippen LogP contribution < -0.4 is 5.73 Å². The van der Waals surface area contributed by atoms with E-state index in [1.54, 1.807) is 0 Å². The summed E-state index contributed by atoms with van der Waals surface area (Å²) < 4.78 is 0. The molecule has 0 aromatic carbocycles. The number of rotatable bonds is 1. The van der Waals surface area contributed by atoms with Crippen LogP contribution in [0, 0.1) is 0 Å². The molecule has 0 aliphatic rings. The molecule has 7 heavy (non-hydrogen) atoms. The summed E-state index contributed by atoms with van der Waals surface area (Å²) in [5, 5.41) is 7.60. The first kappa shape index (κ1) is 15.6. The number of carboxylic acids is 1. The van der Waals surface area contributed by atoms with Gasteiger partial charge >= 0.3 is 46.1 Å². The van der Waals surface area contributed by atoms with Crippen molar-refractivity contribution in [1.29, 1.82) is 0 Å². The monoisotopic (exact) mass is 183 g/mol. The minimum atomic E-state index is -0.968. The fourth-order valence-electron chi connectivity index (χ4n) is 0. The van der Waals surface area contributed by atoms with E-state index in [4.69, 9.17) is 5.11 Å². The summed E-state index contributed by atoms with van der Waals surface area (Å²) in [6, 6.07) is 0. The van der Waals surface area contributed by atoms with Gasteiger partial charge in [-0.3, -0.25) is 4.79 Å². The molecule has 0 rings (SSSR count). The van der Waals surface area contributed by atoms with Gasteiger partial charge in [0.25, 0.3) is 0 Å². The molecule has 0 heterocycles. The molecule has 0 fully saturated rings. The second kappa shape index (κ2) is 9.87. The number of carboxylic acid groups (broad SMARTS) is 1. The van der Waals surface area contributed by atoms with E-state index in [0.29, 0.717) is 0 Å². The zero-order chi connectivity index (χ0) is 4.28. The molecular formula is C2H9MgNO2Se. The van der Waals surface area contributed by atoms with Crippen LogP contribution in [0.3, 0.4) is 0 Å². The van der Waals surface area contributed by atoms with E-state index in [2.05, 4.69) is 5.73 Å². The van der Waals surface area contributed by atoms with Crippen LogP contribution in [0.1, 0.15) is 2.85 Å². The predicted octanol–water partition coefficient (Wildman–Crippen LogP) is -2.04. The molecule has 0 aromatic heterocycles. The average Bonchev–Trinajstić information content (AvgIpc) is 1.38. The predicted molar refractivity (Wildman–Crippen MR) is 33.2 cm³/mol. The summed E-state index contributed by atoms with van der Waals surface area (Å²) in [5.41, 5.74) is 4.57. The quantitative estimate of drug-likeness (QED) is 0.459. The second-order valence-corrected chi connectivity index (χ2v) is 0.598. The van der Waals surface area contributed by atoms with Crippen molar-refractivity contribution in [2.45, 2.75) is 0 Å². The van der Waals surface area contributed by atoms with Gasteiger partial charge in [0, 0.05) is 0 Å². The maximum absolute atomic E-state index is 9.24. The molecule has 0 bridgehead atoms. The topological polar surface area (TPSA) is 63.3 Å². The van der Waals surface area contributed by atoms with Crippen LogP contribution >= 0.6 is 0 Å².